The van der Waals surface area contributed by atoms with Crippen LogP contribution >= 0.6 is 0 Å². The second-order valence-corrected chi connectivity index (χ2v) is 5.83. The van der Waals surface area contributed by atoms with Gasteiger partial charge < -0.3 is 4.90 Å². The molecule has 3 aromatic rings. The topological polar surface area (TPSA) is 81.7 Å². The number of rotatable bonds is 4. The Morgan fingerprint density at radius 2 is 2.12 bits per heavy atom. The van der Waals surface area contributed by atoms with Gasteiger partial charge in [-0.3, -0.25) is 4.79 Å². The molecule has 1 unspecified atom stereocenters. The molecule has 3 heterocycles. The molecule has 1 atom stereocenters. The number of benzene rings is 1. The van der Waals surface area contributed by atoms with E-state index < -0.39 is 0 Å². The lowest BCUT2D eigenvalue weighted by Crippen LogP contribution is -2.32. The third-order valence-corrected chi connectivity index (χ3v) is 4.23. The molecule has 0 bridgehead atoms. The van der Waals surface area contributed by atoms with Crippen molar-refractivity contribution < 1.29 is 4.79 Å². The monoisotopic (exact) mass is 323 g/mol. The summed E-state index contributed by atoms with van der Waals surface area (Å²) >= 11 is 0. The molecule has 1 fully saturated rings. The second kappa shape index (κ2) is 6.23. The van der Waals surface area contributed by atoms with Crippen molar-refractivity contribution in [1.29, 1.82) is 0 Å². The Morgan fingerprint density at radius 1 is 1.25 bits per heavy atom. The zero-order valence-corrected chi connectivity index (χ0v) is 13.1. The van der Waals surface area contributed by atoms with Crippen molar-refractivity contribution in [1.82, 2.24) is 34.7 Å². The zero-order chi connectivity index (χ0) is 16.4. The SMILES string of the molecule is O=C(Cn1cncn1)N1CCC(n2cc(-c3ccccc3)nn2)C1. The Kier molecular flexibility index (Phi) is 3.78. The second-order valence-electron chi connectivity index (χ2n) is 5.83. The minimum atomic E-state index is 0.0476. The smallest absolute Gasteiger partial charge is 0.244 e. The summed E-state index contributed by atoms with van der Waals surface area (Å²) in [5, 5.41) is 12.5. The molecule has 1 aromatic carbocycles. The number of carbonyl (C=O) groups is 1. The van der Waals surface area contributed by atoms with Crippen LogP contribution in [0.15, 0.2) is 49.2 Å². The summed E-state index contributed by atoms with van der Waals surface area (Å²) in [6.07, 6.45) is 5.81. The Morgan fingerprint density at radius 3 is 2.92 bits per heavy atom. The molecule has 0 radical (unpaired) electrons. The standard InChI is InChI=1S/C16H17N7O/c24-16(10-22-12-17-11-18-22)21-7-6-14(8-21)23-9-15(19-20-23)13-4-2-1-3-5-13/h1-5,9,11-12,14H,6-8,10H2. The first-order chi connectivity index (χ1) is 11.8. The van der Waals surface area contributed by atoms with Gasteiger partial charge in [-0.1, -0.05) is 35.5 Å². The van der Waals surface area contributed by atoms with Gasteiger partial charge in [0.2, 0.25) is 5.91 Å². The minimum Gasteiger partial charge on any atom is -0.339 e. The van der Waals surface area contributed by atoms with Gasteiger partial charge >= 0.3 is 0 Å². The van der Waals surface area contributed by atoms with Gasteiger partial charge in [-0.2, -0.15) is 5.10 Å². The van der Waals surface area contributed by atoms with Crippen LogP contribution in [0.4, 0.5) is 0 Å². The maximum absolute atomic E-state index is 12.3. The lowest BCUT2D eigenvalue weighted by molar-refractivity contribution is -0.131. The average Bonchev–Trinajstić information content (AvgIpc) is 3.36. The van der Waals surface area contributed by atoms with Gasteiger partial charge in [-0.05, 0) is 6.42 Å². The van der Waals surface area contributed by atoms with Crippen LogP contribution in [0.25, 0.3) is 11.3 Å². The summed E-state index contributed by atoms with van der Waals surface area (Å²) in [5.74, 6) is 0.0476. The molecule has 2 aromatic heterocycles. The molecular weight excluding hydrogens is 306 g/mol. The molecule has 8 nitrogen and oxygen atoms in total. The van der Waals surface area contributed by atoms with Crippen molar-refractivity contribution in [2.45, 2.75) is 19.0 Å². The fourth-order valence-electron chi connectivity index (χ4n) is 2.93. The van der Waals surface area contributed by atoms with E-state index in [9.17, 15) is 4.79 Å². The van der Waals surface area contributed by atoms with Crippen molar-refractivity contribution in [3.8, 4) is 11.3 Å². The number of nitrogens with zero attached hydrogens (tertiary/aromatic N) is 7. The summed E-state index contributed by atoms with van der Waals surface area (Å²) in [7, 11) is 0. The Balaban J connectivity index is 1.42. The fraction of sp³-hybridized carbons (Fsp3) is 0.312. The van der Waals surface area contributed by atoms with Gasteiger partial charge in [-0.25, -0.2) is 14.3 Å². The Bertz CT molecular complexity index is 812. The molecule has 4 rings (SSSR count). The van der Waals surface area contributed by atoms with Gasteiger partial charge in [-0.15, -0.1) is 5.10 Å². The zero-order valence-electron chi connectivity index (χ0n) is 13.1. The van der Waals surface area contributed by atoms with Crippen molar-refractivity contribution in [3.63, 3.8) is 0 Å². The van der Waals surface area contributed by atoms with E-state index in [0.717, 1.165) is 24.2 Å². The van der Waals surface area contributed by atoms with E-state index in [4.69, 9.17) is 0 Å². The van der Waals surface area contributed by atoms with E-state index in [0.29, 0.717) is 6.54 Å². The molecule has 0 saturated carbocycles. The predicted molar refractivity (Wildman–Crippen MR) is 85.7 cm³/mol. The Hall–Kier alpha value is -3.03. The summed E-state index contributed by atoms with van der Waals surface area (Å²) in [4.78, 5) is 18.0. The van der Waals surface area contributed by atoms with Crippen LogP contribution in [0.3, 0.4) is 0 Å². The number of carbonyl (C=O) groups excluding carboxylic acids is 1. The molecule has 1 aliphatic heterocycles. The van der Waals surface area contributed by atoms with Crippen LogP contribution in [0, 0.1) is 0 Å². The van der Waals surface area contributed by atoms with Crippen LogP contribution in [-0.4, -0.2) is 53.7 Å². The Labute approximate surface area is 138 Å². The van der Waals surface area contributed by atoms with Gasteiger partial charge in [0.25, 0.3) is 0 Å². The lowest BCUT2D eigenvalue weighted by Gasteiger charge is -2.16. The van der Waals surface area contributed by atoms with Crippen LogP contribution in [0.2, 0.25) is 0 Å². The highest BCUT2D eigenvalue weighted by molar-refractivity contribution is 5.76. The number of hydrogen-bond acceptors (Lipinski definition) is 5. The van der Waals surface area contributed by atoms with Crippen molar-refractivity contribution in [2.75, 3.05) is 13.1 Å². The first-order valence-corrected chi connectivity index (χ1v) is 7.87. The molecule has 8 heteroatoms. The lowest BCUT2D eigenvalue weighted by atomic mass is 10.2. The third-order valence-electron chi connectivity index (χ3n) is 4.23. The van der Waals surface area contributed by atoms with E-state index in [1.807, 2.05) is 46.1 Å². The van der Waals surface area contributed by atoms with E-state index in [1.165, 1.54) is 6.33 Å². The van der Waals surface area contributed by atoms with Gasteiger partial charge in [0.15, 0.2) is 0 Å². The highest BCUT2D eigenvalue weighted by atomic mass is 16.2. The molecular formula is C16H17N7O. The minimum absolute atomic E-state index is 0.0476. The predicted octanol–water partition coefficient (Wildman–Crippen LogP) is 1.01. The fourth-order valence-corrected chi connectivity index (χ4v) is 2.93. The molecule has 1 aliphatic rings. The molecule has 0 spiro atoms. The molecule has 0 N–H and O–H groups in total. The van der Waals surface area contributed by atoms with Crippen molar-refractivity contribution in [3.05, 3.63) is 49.2 Å². The molecule has 122 valence electrons. The third kappa shape index (κ3) is 2.90. The first-order valence-electron chi connectivity index (χ1n) is 7.87. The van der Waals surface area contributed by atoms with Gasteiger partial charge in [0.05, 0.1) is 12.2 Å². The number of aromatic nitrogens is 6. The molecule has 1 saturated heterocycles. The summed E-state index contributed by atoms with van der Waals surface area (Å²) < 4.78 is 3.41. The number of hydrogen-bond donors (Lipinski definition) is 0. The number of amides is 1. The van der Waals surface area contributed by atoms with Crippen molar-refractivity contribution in [2.24, 2.45) is 0 Å². The van der Waals surface area contributed by atoms with Gasteiger partial charge in [0.1, 0.15) is 24.9 Å². The normalized spacial score (nSPS) is 17.3. The summed E-state index contributed by atoms with van der Waals surface area (Å²) in [5.41, 5.74) is 1.89. The quantitative estimate of drug-likeness (QED) is 0.716. The van der Waals surface area contributed by atoms with Crippen LogP contribution in [-0.2, 0) is 11.3 Å². The van der Waals surface area contributed by atoms with Crippen LogP contribution in [0.5, 0.6) is 0 Å². The summed E-state index contributed by atoms with van der Waals surface area (Å²) in [6, 6.07) is 10.1. The maximum Gasteiger partial charge on any atom is 0.244 e. The molecule has 24 heavy (non-hydrogen) atoms. The van der Waals surface area contributed by atoms with E-state index in [1.54, 1.807) is 11.0 Å². The van der Waals surface area contributed by atoms with Gasteiger partial charge in [0, 0.05) is 18.7 Å². The van der Waals surface area contributed by atoms with Crippen molar-refractivity contribution >= 4 is 5.91 Å². The van der Waals surface area contributed by atoms with E-state index >= 15 is 0 Å². The highest BCUT2D eigenvalue weighted by Gasteiger charge is 2.28. The molecule has 0 aliphatic carbocycles. The van der Waals surface area contributed by atoms with E-state index in [-0.39, 0.29) is 18.5 Å². The number of likely N-dealkylation sites (tertiary alicyclic amines) is 1. The van der Waals surface area contributed by atoms with Crippen LogP contribution < -0.4 is 0 Å². The van der Waals surface area contributed by atoms with Crippen LogP contribution in [0.1, 0.15) is 12.5 Å². The molecule has 1 amide bonds. The first kappa shape index (κ1) is 14.6. The van der Waals surface area contributed by atoms with E-state index in [2.05, 4.69) is 20.4 Å². The highest BCUT2D eigenvalue weighted by Crippen LogP contribution is 2.23. The summed E-state index contributed by atoms with van der Waals surface area (Å²) in [6.45, 7) is 1.59. The largest absolute Gasteiger partial charge is 0.339 e. The maximum atomic E-state index is 12.3. The average molecular weight is 323 g/mol.